The number of hydrogen-bond donors (Lipinski definition) is 4. The number of H-pyrrole nitrogens is 1. The van der Waals surface area contributed by atoms with Gasteiger partial charge in [0.15, 0.2) is 11.2 Å². The van der Waals surface area contributed by atoms with Gasteiger partial charge in [-0.2, -0.15) is 0 Å². The molecule has 0 bridgehead atoms. The summed E-state index contributed by atoms with van der Waals surface area (Å²) in [5.74, 6) is 0. The molecule has 2 aromatic heterocycles. The molecule has 0 aromatic carbocycles. The molecule has 2 aromatic rings. The first-order valence-electron chi connectivity index (χ1n) is 5.66. The molecule has 3 rings (SSSR count). The van der Waals surface area contributed by atoms with Crippen LogP contribution in [0.1, 0.15) is 5.37 Å². The summed E-state index contributed by atoms with van der Waals surface area (Å²) in [6, 6.07) is 0. The molecule has 0 radical (unpaired) electrons. The molecule has 0 aliphatic carbocycles. The molecule has 1 unspecified atom stereocenters. The lowest BCUT2D eigenvalue weighted by Crippen LogP contribution is -2.32. The lowest BCUT2D eigenvalue weighted by Gasteiger charge is -2.16. The minimum absolute atomic E-state index is 0.178. The molecule has 4 N–H and O–H groups in total. The van der Waals surface area contributed by atoms with Crippen molar-refractivity contribution in [3.05, 3.63) is 23.0 Å². The molecular formula is C10H12N4O4S. The van der Waals surface area contributed by atoms with Gasteiger partial charge >= 0.3 is 0 Å². The van der Waals surface area contributed by atoms with Crippen LogP contribution in [0.5, 0.6) is 0 Å². The second-order valence-electron chi connectivity index (χ2n) is 4.28. The third-order valence-electron chi connectivity index (χ3n) is 3.16. The molecule has 1 aliphatic rings. The maximum atomic E-state index is 11.5. The van der Waals surface area contributed by atoms with Crippen molar-refractivity contribution in [3.8, 4) is 0 Å². The van der Waals surface area contributed by atoms with Gasteiger partial charge in [0.1, 0.15) is 11.5 Å². The van der Waals surface area contributed by atoms with E-state index in [0.717, 1.165) is 0 Å². The monoisotopic (exact) mass is 284 g/mol. The molecule has 3 heterocycles. The summed E-state index contributed by atoms with van der Waals surface area (Å²) < 4.78 is 1.54. The molecule has 8 nitrogen and oxygen atoms in total. The second-order valence-corrected chi connectivity index (χ2v) is 5.65. The Kier molecular flexibility index (Phi) is 3.05. The lowest BCUT2D eigenvalue weighted by molar-refractivity contribution is 0.0113. The van der Waals surface area contributed by atoms with Crippen molar-refractivity contribution < 1.29 is 15.3 Å². The SMILES string of the molecule is O=c1[nH]cnc2c1ncn2[C@@H]1S[C@H](CO)[C@H](O)C1O. The quantitative estimate of drug-likeness (QED) is 0.526. The molecule has 9 heteroatoms. The highest BCUT2D eigenvalue weighted by molar-refractivity contribution is 8.00. The molecule has 19 heavy (non-hydrogen) atoms. The lowest BCUT2D eigenvalue weighted by atomic mass is 10.1. The van der Waals surface area contributed by atoms with Crippen molar-refractivity contribution in [1.82, 2.24) is 19.5 Å². The fourth-order valence-corrected chi connectivity index (χ4v) is 3.53. The van der Waals surface area contributed by atoms with Gasteiger partial charge in [0.05, 0.1) is 30.6 Å². The topological polar surface area (TPSA) is 124 Å². The Morgan fingerprint density at radius 1 is 1.37 bits per heavy atom. The zero-order valence-electron chi connectivity index (χ0n) is 9.67. The Bertz CT molecular complexity index is 656. The van der Waals surface area contributed by atoms with Gasteiger partial charge in [-0.05, 0) is 0 Å². The molecule has 1 saturated heterocycles. The van der Waals surface area contributed by atoms with Gasteiger partial charge in [-0.15, -0.1) is 11.8 Å². The van der Waals surface area contributed by atoms with Crippen molar-refractivity contribution in [2.45, 2.75) is 22.8 Å². The van der Waals surface area contributed by atoms with E-state index in [1.54, 1.807) is 4.57 Å². The molecule has 1 fully saturated rings. The van der Waals surface area contributed by atoms with Crippen LogP contribution in [0.25, 0.3) is 11.2 Å². The van der Waals surface area contributed by atoms with Crippen LogP contribution in [0.15, 0.2) is 17.4 Å². The highest BCUT2D eigenvalue weighted by Gasteiger charge is 2.43. The van der Waals surface area contributed by atoms with Crippen LogP contribution in [0.3, 0.4) is 0 Å². The van der Waals surface area contributed by atoms with Crippen molar-refractivity contribution in [1.29, 1.82) is 0 Å². The highest BCUT2D eigenvalue weighted by atomic mass is 32.2. The van der Waals surface area contributed by atoms with E-state index in [1.807, 2.05) is 0 Å². The summed E-state index contributed by atoms with van der Waals surface area (Å²) in [7, 11) is 0. The number of hydrogen-bond acceptors (Lipinski definition) is 7. The summed E-state index contributed by atoms with van der Waals surface area (Å²) in [4.78, 5) is 22.0. The van der Waals surface area contributed by atoms with E-state index in [4.69, 9.17) is 5.11 Å². The summed E-state index contributed by atoms with van der Waals surface area (Å²) in [5, 5.41) is 27.9. The normalized spacial score (nSPS) is 31.1. The van der Waals surface area contributed by atoms with E-state index >= 15 is 0 Å². The number of aromatic nitrogens is 4. The number of nitrogens with zero attached hydrogens (tertiary/aromatic N) is 3. The van der Waals surface area contributed by atoms with E-state index < -0.39 is 22.8 Å². The molecule has 1 aliphatic heterocycles. The predicted molar refractivity (Wildman–Crippen MR) is 67.7 cm³/mol. The minimum Gasteiger partial charge on any atom is -0.395 e. The van der Waals surface area contributed by atoms with Gasteiger partial charge in [-0.3, -0.25) is 9.36 Å². The average Bonchev–Trinajstić information content (AvgIpc) is 2.94. The van der Waals surface area contributed by atoms with Gasteiger partial charge < -0.3 is 20.3 Å². The Labute approximate surface area is 111 Å². The fraction of sp³-hybridized carbons (Fsp3) is 0.500. The molecule has 0 amide bonds. The molecular weight excluding hydrogens is 272 g/mol. The zero-order chi connectivity index (χ0) is 13.6. The van der Waals surface area contributed by atoms with Crippen molar-refractivity contribution in [3.63, 3.8) is 0 Å². The van der Waals surface area contributed by atoms with Gasteiger partial charge in [-0.1, -0.05) is 0 Å². The second kappa shape index (κ2) is 4.60. The number of imidazole rings is 1. The Hall–Kier alpha value is -1.42. The summed E-state index contributed by atoms with van der Waals surface area (Å²) in [5.41, 5.74) is 0.156. The minimum atomic E-state index is -1.05. The summed E-state index contributed by atoms with van der Waals surface area (Å²) in [6.07, 6.45) is 0.579. The van der Waals surface area contributed by atoms with Crippen molar-refractivity contribution in [2.24, 2.45) is 0 Å². The maximum Gasteiger partial charge on any atom is 0.278 e. The van der Waals surface area contributed by atoms with Crippen LogP contribution < -0.4 is 5.56 Å². The van der Waals surface area contributed by atoms with E-state index in [0.29, 0.717) is 5.65 Å². The number of aliphatic hydroxyl groups excluding tert-OH is 3. The average molecular weight is 284 g/mol. The third-order valence-corrected chi connectivity index (χ3v) is 4.72. The van der Waals surface area contributed by atoms with Crippen LogP contribution in [0.4, 0.5) is 0 Å². The zero-order valence-corrected chi connectivity index (χ0v) is 10.5. The number of fused-ring (bicyclic) bond motifs is 1. The number of rotatable bonds is 2. The fourth-order valence-electron chi connectivity index (χ4n) is 2.16. The summed E-state index contributed by atoms with van der Waals surface area (Å²) in [6.45, 7) is -0.236. The molecule has 4 atom stereocenters. The van der Waals surface area contributed by atoms with Crippen molar-refractivity contribution in [2.75, 3.05) is 6.61 Å². The third kappa shape index (κ3) is 1.86. The number of thioether (sulfide) groups is 1. The predicted octanol–water partition coefficient (Wildman–Crippen LogP) is -1.55. The van der Waals surface area contributed by atoms with E-state index in [2.05, 4.69) is 15.0 Å². The summed E-state index contributed by atoms with van der Waals surface area (Å²) >= 11 is 1.23. The van der Waals surface area contributed by atoms with E-state index in [1.165, 1.54) is 24.4 Å². The van der Waals surface area contributed by atoms with E-state index in [9.17, 15) is 15.0 Å². The van der Waals surface area contributed by atoms with Crippen LogP contribution in [0, 0.1) is 0 Å². The van der Waals surface area contributed by atoms with Crippen LogP contribution >= 0.6 is 11.8 Å². The van der Waals surface area contributed by atoms with E-state index in [-0.39, 0.29) is 17.7 Å². The van der Waals surface area contributed by atoms with Crippen LogP contribution in [-0.2, 0) is 0 Å². The number of aromatic amines is 1. The van der Waals surface area contributed by atoms with Crippen LogP contribution in [-0.4, -0.2) is 58.9 Å². The smallest absolute Gasteiger partial charge is 0.278 e. The molecule has 102 valence electrons. The van der Waals surface area contributed by atoms with Gasteiger partial charge in [0.25, 0.3) is 5.56 Å². The molecule has 0 spiro atoms. The first-order valence-corrected chi connectivity index (χ1v) is 6.60. The number of aliphatic hydroxyl groups is 3. The highest BCUT2D eigenvalue weighted by Crippen LogP contribution is 2.42. The Morgan fingerprint density at radius 2 is 2.16 bits per heavy atom. The van der Waals surface area contributed by atoms with Crippen molar-refractivity contribution >= 4 is 22.9 Å². The van der Waals surface area contributed by atoms with Gasteiger partial charge in [0.2, 0.25) is 0 Å². The van der Waals surface area contributed by atoms with Gasteiger partial charge in [-0.25, -0.2) is 9.97 Å². The van der Waals surface area contributed by atoms with Gasteiger partial charge in [0, 0.05) is 0 Å². The Balaban J connectivity index is 2.06. The van der Waals surface area contributed by atoms with Crippen LogP contribution in [0.2, 0.25) is 0 Å². The number of nitrogens with one attached hydrogen (secondary N) is 1. The largest absolute Gasteiger partial charge is 0.395 e. The maximum absolute atomic E-state index is 11.5. The first kappa shape index (κ1) is 12.6. The standard InChI is InChI=1S/C10H12N4O4S/c15-1-4-6(16)7(17)10(19-4)14-3-13-5-8(14)11-2-12-9(5)18/h2-4,6-7,10,15-17H,1H2,(H,11,12,18)/t4-,6+,7?,10-/m1/s1. The Morgan fingerprint density at radius 3 is 2.84 bits per heavy atom. The molecule has 0 saturated carbocycles. The first-order chi connectivity index (χ1) is 9.13.